The minimum atomic E-state index is -3.69. The number of likely N-dealkylation sites (N-methyl/N-ethyl adjacent to an activating group) is 1. The smallest absolute Gasteiger partial charge is 0.243 e. The van der Waals surface area contributed by atoms with Gasteiger partial charge in [0.05, 0.1) is 11.4 Å². The minimum absolute atomic E-state index is 0.193. The first-order valence-electron chi connectivity index (χ1n) is 8.24. The number of anilines is 1. The third kappa shape index (κ3) is 5.14. The van der Waals surface area contributed by atoms with Crippen molar-refractivity contribution in [3.63, 3.8) is 0 Å². The monoisotopic (exact) mass is 360 g/mol. The van der Waals surface area contributed by atoms with E-state index < -0.39 is 10.0 Å². The summed E-state index contributed by atoms with van der Waals surface area (Å²) in [5.74, 6) is -0.377. The summed E-state index contributed by atoms with van der Waals surface area (Å²) in [6, 6.07) is 14.2. The maximum Gasteiger partial charge on any atom is 0.243 e. The molecule has 2 aromatic rings. The first kappa shape index (κ1) is 19.1. The number of carbonyl (C=O) groups excluding carboxylic acids is 1. The Hall–Kier alpha value is -2.18. The number of nitrogens with one attached hydrogen (secondary N) is 1. The molecule has 1 amide bonds. The van der Waals surface area contributed by atoms with Crippen LogP contribution in [0.4, 0.5) is 5.69 Å². The van der Waals surface area contributed by atoms with Crippen LogP contribution in [0.25, 0.3) is 0 Å². The molecule has 0 bridgehead atoms. The van der Waals surface area contributed by atoms with E-state index in [4.69, 9.17) is 0 Å². The maximum absolute atomic E-state index is 12.6. The summed E-state index contributed by atoms with van der Waals surface area (Å²) in [5.41, 5.74) is 2.83. The van der Waals surface area contributed by atoms with E-state index in [1.807, 2.05) is 31.2 Å². The number of nitrogens with zero attached hydrogens (tertiary/aromatic N) is 1. The minimum Gasteiger partial charge on any atom is -0.325 e. The van der Waals surface area contributed by atoms with Crippen LogP contribution in [0.15, 0.2) is 53.4 Å². The third-order valence-electron chi connectivity index (χ3n) is 3.87. The zero-order chi connectivity index (χ0) is 18.4. The maximum atomic E-state index is 12.6. The van der Waals surface area contributed by atoms with Gasteiger partial charge in [0.25, 0.3) is 0 Å². The summed E-state index contributed by atoms with van der Waals surface area (Å²) in [6.45, 7) is 3.79. The standard InChI is InChI=1S/C19H24N2O3S/c1-4-5-16-8-12-18(13-9-16)25(23,24)21(3)14-19(22)20-17-10-6-15(2)7-11-17/h6-13H,4-5,14H2,1-3H3,(H,20,22). The highest BCUT2D eigenvalue weighted by atomic mass is 32.2. The Bertz CT molecular complexity index is 813. The molecule has 2 aromatic carbocycles. The second-order valence-corrected chi connectivity index (χ2v) is 8.11. The van der Waals surface area contributed by atoms with Crippen molar-refractivity contribution >= 4 is 21.6 Å². The molecule has 6 heteroatoms. The molecule has 0 unspecified atom stereocenters. The van der Waals surface area contributed by atoms with E-state index in [0.717, 1.165) is 28.3 Å². The quantitative estimate of drug-likeness (QED) is 0.824. The number of hydrogen-bond acceptors (Lipinski definition) is 3. The Kier molecular flexibility index (Phi) is 6.33. The molecule has 0 heterocycles. The lowest BCUT2D eigenvalue weighted by Gasteiger charge is -2.17. The second-order valence-electron chi connectivity index (χ2n) is 6.07. The van der Waals surface area contributed by atoms with Crippen molar-refractivity contribution in [1.29, 1.82) is 0 Å². The molecular formula is C19H24N2O3S. The average molecular weight is 360 g/mol. The van der Waals surface area contributed by atoms with Gasteiger partial charge >= 0.3 is 0 Å². The largest absolute Gasteiger partial charge is 0.325 e. The summed E-state index contributed by atoms with van der Waals surface area (Å²) in [7, 11) is -2.29. The van der Waals surface area contributed by atoms with Gasteiger partial charge in [-0.2, -0.15) is 4.31 Å². The van der Waals surface area contributed by atoms with Crippen LogP contribution in [0.2, 0.25) is 0 Å². The number of sulfonamides is 1. The summed E-state index contributed by atoms with van der Waals surface area (Å²) in [4.78, 5) is 12.3. The van der Waals surface area contributed by atoms with E-state index in [1.54, 1.807) is 24.3 Å². The molecule has 0 saturated heterocycles. The predicted molar refractivity (Wildman–Crippen MR) is 100 cm³/mol. The van der Waals surface area contributed by atoms with Crippen LogP contribution in [0.3, 0.4) is 0 Å². The molecule has 0 aliphatic heterocycles. The Morgan fingerprint density at radius 1 is 1.04 bits per heavy atom. The van der Waals surface area contributed by atoms with Crippen molar-refractivity contribution in [2.45, 2.75) is 31.6 Å². The molecule has 0 aliphatic rings. The first-order valence-corrected chi connectivity index (χ1v) is 9.68. The summed E-state index contributed by atoms with van der Waals surface area (Å²) in [6.07, 6.45) is 1.92. The van der Waals surface area contributed by atoms with E-state index in [-0.39, 0.29) is 17.3 Å². The highest BCUT2D eigenvalue weighted by molar-refractivity contribution is 7.89. The molecular weight excluding hydrogens is 336 g/mol. The molecule has 0 atom stereocenters. The zero-order valence-electron chi connectivity index (χ0n) is 14.8. The lowest BCUT2D eigenvalue weighted by Crippen LogP contribution is -2.34. The van der Waals surface area contributed by atoms with Gasteiger partial charge in [-0.3, -0.25) is 4.79 Å². The molecule has 2 rings (SSSR count). The number of carbonyl (C=O) groups is 1. The predicted octanol–water partition coefficient (Wildman–Crippen LogP) is 3.21. The third-order valence-corrected chi connectivity index (χ3v) is 5.69. The molecule has 0 aromatic heterocycles. The number of amides is 1. The topological polar surface area (TPSA) is 66.5 Å². The van der Waals surface area contributed by atoms with Crippen LogP contribution in [-0.4, -0.2) is 32.2 Å². The van der Waals surface area contributed by atoms with Crippen molar-refractivity contribution in [2.24, 2.45) is 0 Å². The molecule has 5 nitrogen and oxygen atoms in total. The molecule has 0 aliphatic carbocycles. The SMILES string of the molecule is CCCc1ccc(S(=O)(=O)N(C)CC(=O)Nc2ccc(C)cc2)cc1. The van der Waals surface area contributed by atoms with E-state index in [2.05, 4.69) is 12.2 Å². The molecule has 134 valence electrons. The molecule has 0 saturated carbocycles. The van der Waals surface area contributed by atoms with Gasteiger partial charge in [-0.1, -0.05) is 43.2 Å². The number of benzene rings is 2. The van der Waals surface area contributed by atoms with Crippen LogP contribution < -0.4 is 5.32 Å². The molecule has 25 heavy (non-hydrogen) atoms. The van der Waals surface area contributed by atoms with Gasteiger partial charge in [-0.25, -0.2) is 8.42 Å². The Balaban J connectivity index is 2.03. The lowest BCUT2D eigenvalue weighted by molar-refractivity contribution is -0.116. The van der Waals surface area contributed by atoms with Gasteiger partial charge in [0.2, 0.25) is 15.9 Å². The highest BCUT2D eigenvalue weighted by Crippen LogP contribution is 2.16. The first-order chi connectivity index (χ1) is 11.8. The van der Waals surface area contributed by atoms with Gasteiger partial charge in [0, 0.05) is 12.7 Å². The van der Waals surface area contributed by atoms with Crippen LogP contribution in [-0.2, 0) is 21.2 Å². The van der Waals surface area contributed by atoms with Gasteiger partial charge < -0.3 is 5.32 Å². The normalized spacial score (nSPS) is 11.5. The highest BCUT2D eigenvalue weighted by Gasteiger charge is 2.22. The van der Waals surface area contributed by atoms with Crippen molar-refractivity contribution < 1.29 is 13.2 Å². The van der Waals surface area contributed by atoms with Crippen LogP contribution in [0, 0.1) is 6.92 Å². The fourth-order valence-corrected chi connectivity index (χ4v) is 3.55. The number of hydrogen-bond donors (Lipinski definition) is 1. The van der Waals surface area contributed by atoms with Crippen LogP contribution in [0.1, 0.15) is 24.5 Å². The van der Waals surface area contributed by atoms with Gasteiger partial charge in [-0.05, 0) is 43.2 Å². The van der Waals surface area contributed by atoms with E-state index in [1.165, 1.54) is 7.05 Å². The summed E-state index contributed by atoms with van der Waals surface area (Å²) >= 11 is 0. The summed E-state index contributed by atoms with van der Waals surface area (Å²) < 4.78 is 26.2. The number of rotatable bonds is 7. The van der Waals surface area contributed by atoms with Crippen LogP contribution >= 0.6 is 0 Å². The van der Waals surface area contributed by atoms with Gasteiger partial charge in [-0.15, -0.1) is 0 Å². The lowest BCUT2D eigenvalue weighted by atomic mass is 10.1. The van der Waals surface area contributed by atoms with Gasteiger partial charge in [0.15, 0.2) is 0 Å². The molecule has 1 N–H and O–H groups in total. The van der Waals surface area contributed by atoms with Gasteiger partial charge in [0.1, 0.15) is 0 Å². The van der Waals surface area contributed by atoms with Crippen molar-refractivity contribution in [3.8, 4) is 0 Å². The Labute approximate surface area is 149 Å². The van der Waals surface area contributed by atoms with E-state index >= 15 is 0 Å². The summed E-state index contributed by atoms with van der Waals surface area (Å²) in [5, 5.41) is 2.70. The molecule has 0 fully saturated rings. The van der Waals surface area contributed by atoms with Crippen molar-refractivity contribution in [2.75, 3.05) is 18.9 Å². The number of aryl methyl sites for hydroxylation is 2. The van der Waals surface area contributed by atoms with Crippen molar-refractivity contribution in [3.05, 3.63) is 59.7 Å². The fraction of sp³-hybridized carbons (Fsp3) is 0.316. The van der Waals surface area contributed by atoms with Crippen LogP contribution in [0.5, 0.6) is 0 Å². The Morgan fingerprint density at radius 2 is 1.64 bits per heavy atom. The fourth-order valence-electron chi connectivity index (χ4n) is 2.42. The Morgan fingerprint density at radius 3 is 2.20 bits per heavy atom. The van der Waals surface area contributed by atoms with E-state index in [0.29, 0.717) is 5.69 Å². The second kappa shape index (κ2) is 8.27. The van der Waals surface area contributed by atoms with Crippen molar-refractivity contribution in [1.82, 2.24) is 4.31 Å². The van der Waals surface area contributed by atoms with E-state index in [9.17, 15) is 13.2 Å². The average Bonchev–Trinajstić information content (AvgIpc) is 2.57. The zero-order valence-corrected chi connectivity index (χ0v) is 15.6. The molecule has 0 radical (unpaired) electrons. The molecule has 0 spiro atoms.